The van der Waals surface area contributed by atoms with Gasteiger partial charge in [0.15, 0.2) is 23.0 Å². The fraction of sp³-hybridized carbons (Fsp3) is 0.206. The van der Waals surface area contributed by atoms with Crippen LogP contribution in [0.5, 0.6) is 23.0 Å². The van der Waals surface area contributed by atoms with Crippen molar-refractivity contribution in [3.63, 3.8) is 0 Å². The van der Waals surface area contributed by atoms with Crippen molar-refractivity contribution in [1.29, 1.82) is 0 Å². The predicted octanol–water partition coefficient (Wildman–Crippen LogP) is 6.49. The average Bonchev–Trinajstić information content (AvgIpc) is 3.03. The molecule has 1 heterocycles. The number of hydrogen-bond acceptors (Lipinski definition) is 7. The lowest BCUT2D eigenvalue weighted by Crippen LogP contribution is -2.53. The fourth-order valence-corrected chi connectivity index (χ4v) is 5.64. The van der Waals surface area contributed by atoms with Gasteiger partial charge >= 0.3 is 6.03 Å². The van der Waals surface area contributed by atoms with Crippen molar-refractivity contribution in [1.82, 2.24) is 10.2 Å². The molecule has 0 bridgehead atoms. The fourth-order valence-electron chi connectivity index (χ4n) is 4.86. The van der Waals surface area contributed by atoms with Gasteiger partial charge in [-0.25, -0.2) is 4.79 Å². The summed E-state index contributed by atoms with van der Waals surface area (Å²) < 4.78 is 23.7. The SMILES string of the molecule is CCCOc1ccc(CN2C(=O)NC(=O)/C(=C\c3cc(I)c(OCc4cccc5ccccc45)c(OC)c3)C2=O)cc1OC. The molecule has 4 amide bonds. The molecule has 1 fully saturated rings. The van der Waals surface area contributed by atoms with Crippen LogP contribution in [-0.2, 0) is 22.7 Å². The van der Waals surface area contributed by atoms with Gasteiger partial charge in [0.05, 0.1) is 30.9 Å². The summed E-state index contributed by atoms with van der Waals surface area (Å²) in [7, 11) is 3.05. The van der Waals surface area contributed by atoms with Crippen LogP contribution >= 0.6 is 22.6 Å². The second-order valence-electron chi connectivity index (χ2n) is 10.0. The van der Waals surface area contributed by atoms with Gasteiger partial charge in [-0.1, -0.05) is 55.5 Å². The Bertz CT molecular complexity index is 1760. The first-order valence-electron chi connectivity index (χ1n) is 14.0. The quantitative estimate of drug-likeness (QED) is 0.108. The Kier molecular flexibility index (Phi) is 9.69. The average molecular weight is 707 g/mol. The lowest BCUT2D eigenvalue weighted by atomic mass is 10.1. The number of rotatable bonds is 11. The van der Waals surface area contributed by atoms with Crippen LogP contribution in [0.2, 0.25) is 0 Å². The summed E-state index contributed by atoms with van der Waals surface area (Å²) in [6, 6.07) is 22.0. The van der Waals surface area contributed by atoms with Crippen LogP contribution in [0.3, 0.4) is 0 Å². The summed E-state index contributed by atoms with van der Waals surface area (Å²) in [6.07, 6.45) is 2.28. The van der Waals surface area contributed by atoms with E-state index in [4.69, 9.17) is 18.9 Å². The first-order valence-corrected chi connectivity index (χ1v) is 15.1. The third-order valence-corrected chi connectivity index (χ3v) is 7.83. The number of nitrogens with one attached hydrogen (secondary N) is 1. The highest BCUT2D eigenvalue weighted by atomic mass is 127. The molecule has 1 N–H and O–H groups in total. The molecule has 4 aromatic carbocycles. The first kappa shape index (κ1) is 30.9. The number of imide groups is 2. The molecule has 0 radical (unpaired) electrons. The minimum absolute atomic E-state index is 0.0680. The number of amides is 4. The Morgan fingerprint density at radius 2 is 1.64 bits per heavy atom. The molecule has 10 heteroatoms. The van der Waals surface area contributed by atoms with Crippen LogP contribution in [0.1, 0.15) is 30.0 Å². The molecule has 5 rings (SSSR count). The predicted molar refractivity (Wildman–Crippen MR) is 175 cm³/mol. The topological polar surface area (TPSA) is 103 Å². The van der Waals surface area contributed by atoms with Gasteiger partial charge in [0.2, 0.25) is 0 Å². The molecule has 1 aliphatic rings. The minimum atomic E-state index is -0.799. The highest BCUT2D eigenvalue weighted by Gasteiger charge is 2.36. The van der Waals surface area contributed by atoms with E-state index >= 15 is 0 Å². The van der Waals surface area contributed by atoms with Gasteiger partial charge in [-0.05, 0) is 86.8 Å². The summed E-state index contributed by atoms with van der Waals surface area (Å²) in [6.45, 7) is 2.78. The number of benzene rings is 4. The Hall–Kier alpha value is -4.58. The van der Waals surface area contributed by atoms with Crippen molar-refractivity contribution >= 4 is 57.3 Å². The van der Waals surface area contributed by atoms with Crippen LogP contribution in [-0.4, -0.2) is 43.6 Å². The molecular formula is C34H31IN2O7. The van der Waals surface area contributed by atoms with E-state index in [9.17, 15) is 14.4 Å². The van der Waals surface area contributed by atoms with Crippen LogP contribution in [0.4, 0.5) is 4.79 Å². The van der Waals surface area contributed by atoms with Gasteiger partial charge in [0.1, 0.15) is 12.2 Å². The summed E-state index contributed by atoms with van der Waals surface area (Å²) in [4.78, 5) is 39.9. The van der Waals surface area contributed by atoms with E-state index < -0.39 is 17.8 Å². The number of urea groups is 1. The molecule has 0 saturated carbocycles. The molecule has 1 aliphatic heterocycles. The van der Waals surface area contributed by atoms with Crippen LogP contribution in [0, 0.1) is 3.57 Å². The lowest BCUT2D eigenvalue weighted by Gasteiger charge is -2.26. The second-order valence-corrected chi connectivity index (χ2v) is 11.2. The van der Waals surface area contributed by atoms with Gasteiger partial charge in [-0.3, -0.25) is 19.8 Å². The number of nitrogens with zero attached hydrogens (tertiary/aromatic N) is 1. The third kappa shape index (κ3) is 6.65. The molecule has 226 valence electrons. The Morgan fingerprint density at radius 1 is 0.864 bits per heavy atom. The molecule has 0 spiro atoms. The standard InChI is InChI=1S/C34H31IN2O7/c1-4-14-43-28-13-12-21(17-29(28)41-2)19-37-33(39)26(32(38)36-34(37)40)15-22-16-27(35)31(30(18-22)42-3)44-20-24-10-7-9-23-8-5-6-11-25(23)24/h5-13,15-18H,4,14,19-20H2,1-3H3,(H,36,38,40)/b26-15+. The number of hydrogen-bond donors (Lipinski definition) is 1. The third-order valence-electron chi connectivity index (χ3n) is 7.03. The second kappa shape index (κ2) is 13.8. The summed E-state index contributed by atoms with van der Waals surface area (Å²) in [5.74, 6) is 0.544. The van der Waals surface area contributed by atoms with Gasteiger partial charge in [0.25, 0.3) is 11.8 Å². The largest absolute Gasteiger partial charge is 0.493 e. The van der Waals surface area contributed by atoms with E-state index in [-0.39, 0.29) is 12.1 Å². The zero-order valence-corrected chi connectivity index (χ0v) is 26.7. The summed E-state index contributed by atoms with van der Waals surface area (Å²) in [5.41, 5.74) is 2.02. The molecule has 0 unspecified atom stereocenters. The highest BCUT2D eigenvalue weighted by Crippen LogP contribution is 2.36. The van der Waals surface area contributed by atoms with E-state index in [1.807, 2.05) is 31.2 Å². The molecule has 0 atom stereocenters. The van der Waals surface area contributed by atoms with Crippen molar-refractivity contribution in [2.45, 2.75) is 26.5 Å². The molecule has 9 nitrogen and oxygen atoms in total. The number of carbonyl (C=O) groups is 3. The number of carbonyl (C=O) groups excluding carboxylic acids is 3. The van der Waals surface area contributed by atoms with Crippen molar-refractivity contribution in [3.05, 3.63) is 98.6 Å². The van der Waals surface area contributed by atoms with Crippen molar-refractivity contribution < 1.29 is 33.3 Å². The summed E-state index contributed by atoms with van der Waals surface area (Å²) in [5, 5.41) is 4.50. The molecular weight excluding hydrogens is 675 g/mol. The van der Waals surface area contributed by atoms with E-state index in [2.05, 4.69) is 46.1 Å². The Labute approximate surface area is 268 Å². The Morgan fingerprint density at radius 3 is 2.41 bits per heavy atom. The molecule has 0 aromatic heterocycles. The normalized spacial score (nSPS) is 14.1. The number of ether oxygens (including phenoxy) is 4. The molecule has 1 saturated heterocycles. The van der Waals surface area contributed by atoms with Crippen LogP contribution in [0.15, 0.2) is 78.4 Å². The van der Waals surface area contributed by atoms with E-state index in [0.29, 0.717) is 47.3 Å². The zero-order chi connectivity index (χ0) is 31.2. The molecule has 44 heavy (non-hydrogen) atoms. The number of halogens is 1. The molecule has 4 aromatic rings. The Balaban J connectivity index is 1.38. The smallest absolute Gasteiger partial charge is 0.331 e. The minimum Gasteiger partial charge on any atom is -0.493 e. The van der Waals surface area contributed by atoms with E-state index in [1.54, 1.807) is 30.3 Å². The highest BCUT2D eigenvalue weighted by molar-refractivity contribution is 14.1. The van der Waals surface area contributed by atoms with Crippen molar-refractivity contribution in [2.24, 2.45) is 0 Å². The van der Waals surface area contributed by atoms with E-state index in [1.165, 1.54) is 20.3 Å². The maximum Gasteiger partial charge on any atom is 0.331 e. The number of fused-ring (bicyclic) bond motifs is 1. The van der Waals surface area contributed by atoms with Crippen molar-refractivity contribution in [2.75, 3.05) is 20.8 Å². The van der Waals surface area contributed by atoms with E-state index in [0.717, 1.165) is 31.2 Å². The van der Waals surface area contributed by atoms with Crippen LogP contribution < -0.4 is 24.3 Å². The zero-order valence-electron chi connectivity index (χ0n) is 24.5. The van der Waals surface area contributed by atoms with Crippen LogP contribution in [0.25, 0.3) is 16.8 Å². The number of methoxy groups -OCH3 is 2. The molecule has 0 aliphatic carbocycles. The summed E-state index contributed by atoms with van der Waals surface area (Å²) >= 11 is 2.13. The number of barbiturate groups is 1. The van der Waals surface area contributed by atoms with Gasteiger partial charge in [-0.15, -0.1) is 0 Å². The first-order chi connectivity index (χ1) is 21.3. The van der Waals surface area contributed by atoms with Gasteiger partial charge in [-0.2, -0.15) is 0 Å². The maximum atomic E-state index is 13.5. The van der Waals surface area contributed by atoms with Crippen molar-refractivity contribution in [3.8, 4) is 23.0 Å². The van der Waals surface area contributed by atoms with Gasteiger partial charge in [0, 0.05) is 0 Å². The lowest BCUT2D eigenvalue weighted by molar-refractivity contribution is -0.130. The monoisotopic (exact) mass is 706 g/mol. The maximum absolute atomic E-state index is 13.5. The van der Waals surface area contributed by atoms with Gasteiger partial charge < -0.3 is 18.9 Å².